The highest BCUT2D eigenvalue weighted by molar-refractivity contribution is 5.18. The molecule has 1 N–H and O–H groups in total. The molecule has 0 bridgehead atoms. The topological polar surface area (TPSA) is 68.4 Å². The first-order valence-corrected chi connectivity index (χ1v) is 6.73. The molecule has 0 fully saturated rings. The van der Waals surface area contributed by atoms with Crippen molar-refractivity contribution in [3.05, 3.63) is 47.6 Å². The average molecular weight is 276 g/mol. The molecule has 1 aromatic carbocycles. The molecule has 0 radical (unpaired) electrons. The third kappa shape index (κ3) is 3.43. The van der Waals surface area contributed by atoms with Gasteiger partial charge in [-0.3, -0.25) is 0 Å². The van der Waals surface area contributed by atoms with Crippen LogP contribution in [0.15, 0.2) is 34.9 Å². The van der Waals surface area contributed by atoms with Gasteiger partial charge in [-0.05, 0) is 26.3 Å². The van der Waals surface area contributed by atoms with Crippen molar-refractivity contribution in [2.75, 3.05) is 6.61 Å². The summed E-state index contributed by atoms with van der Waals surface area (Å²) >= 11 is 0. The minimum atomic E-state index is -0.653. The van der Waals surface area contributed by atoms with Gasteiger partial charge in [-0.1, -0.05) is 35.5 Å². The lowest BCUT2D eigenvalue weighted by atomic mass is 10.1. The van der Waals surface area contributed by atoms with E-state index in [0.717, 1.165) is 5.56 Å². The van der Waals surface area contributed by atoms with Crippen molar-refractivity contribution in [2.45, 2.75) is 38.9 Å². The minimum absolute atomic E-state index is 0.291. The summed E-state index contributed by atoms with van der Waals surface area (Å²) in [4.78, 5) is 4.30. The molecule has 1 heterocycles. The molecule has 0 amide bonds. The summed E-state index contributed by atoms with van der Waals surface area (Å²) in [5.41, 5.74) is 0.241. The maximum Gasteiger partial charge on any atom is 0.229 e. The van der Waals surface area contributed by atoms with Crippen LogP contribution in [0.1, 0.15) is 44.2 Å². The summed E-state index contributed by atoms with van der Waals surface area (Å²) in [6, 6.07) is 9.41. The lowest BCUT2D eigenvalue weighted by molar-refractivity contribution is -0.0221. The standard InChI is InChI=1S/C15H20N2O3/c1-4-19-15(2,3)14-16-13(20-17-14)10-12(18)11-8-6-5-7-9-11/h5-9,12,18H,4,10H2,1-3H3. The molecule has 5 nitrogen and oxygen atoms in total. The van der Waals surface area contributed by atoms with E-state index in [2.05, 4.69) is 10.1 Å². The molecular formula is C15H20N2O3. The molecule has 0 saturated heterocycles. The largest absolute Gasteiger partial charge is 0.388 e. The highest BCUT2D eigenvalue weighted by atomic mass is 16.5. The number of hydrogen-bond acceptors (Lipinski definition) is 5. The Bertz CT molecular complexity index is 537. The van der Waals surface area contributed by atoms with Gasteiger partial charge in [-0.25, -0.2) is 0 Å². The first kappa shape index (κ1) is 14.7. The Labute approximate surface area is 118 Å². The summed E-state index contributed by atoms with van der Waals surface area (Å²) < 4.78 is 10.8. The molecule has 1 aromatic heterocycles. The predicted molar refractivity (Wildman–Crippen MR) is 74.1 cm³/mol. The molecule has 0 aliphatic heterocycles. The Morgan fingerprint density at radius 1 is 1.30 bits per heavy atom. The van der Waals surface area contributed by atoms with Gasteiger partial charge in [-0.15, -0.1) is 0 Å². The molecule has 108 valence electrons. The number of ether oxygens (including phenoxy) is 1. The van der Waals surface area contributed by atoms with Gasteiger partial charge in [0.15, 0.2) is 0 Å². The Morgan fingerprint density at radius 3 is 2.65 bits per heavy atom. The summed E-state index contributed by atoms with van der Waals surface area (Å²) in [7, 11) is 0. The lowest BCUT2D eigenvalue weighted by Crippen LogP contribution is -2.23. The van der Waals surface area contributed by atoms with Crippen molar-refractivity contribution in [3.8, 4) is 0 Å². The van der Waals surface area contributed by atoms with E-state index < -0.39 is 11.7 Å². The van der Waals surface area contributed by atoms with E-state index >= 15 is 0 Å². The summed E-state index contributed by atoms with van der Waals surface area (Å²) in [6.07, 6.45) is -0.362. The summed E-state index contributed by atoms with van der Waals surface area (Å²) in [5, 5.41) is 14.1. The van der Waals surface area contributed by atoms with E-state index in [4.69, 9.17) is 9.26 Å². The number of nitrogens with zero attached hydrogens (tertiary/aromatic N) is 2. The normalized spacial score (nSPS) is 13.4. The first-order chi connectivity index (χ1) is 9.53. The van der Waals surface area contributed by atoms with Crippen LogP contribution in [0.5, 0.6) is 0 Å². The van der Waals surface area contributed by atoms with Crippen LogP contribution in [0.3, 0.4) is 0 Å². The highest BCUT2D eigenvalue weighted by Gasteiger charge is 2.27. The van der Waals surface area contributed by atoms with Crippen molar-refractivity contribution >= 4 is 0 Å². The van der Waals surface area contributed by atoms with Gasteiger partial charge in [0, 0.05) is 6.61 Å². The minimum Gasteiger partial charge on any atom is -0.388 e. The average Bonchev–Trinajstić information content (AvgIpc) is 2.89. The molecular weight excluding hydrogens is 256 g/mol. The van der Waals surface area contributed by atoms with Gasteiger partial charge < -0.3 is 14.4 Å². The van der Waals surface area contributed by atoms with E-state index in [9.17, 15) is 5.11 Å². The SMILES string of the molecule is CCOC(C)(C)c1noc(CC(O)c2ccccc2)n1. The number of aliphatic hydroxyl groups excluding tert-OH is 1. The van der Waals surface area contributed by atoms with Gasteiger partial charge >= 0.3 is 0 Å². The zero-order valence-corrected chi connectivity index (χ0v) is 12.0. The van der Waals surface area contributed by atoms with Crippen molar-refractivity contribution in [3.63, 3.8) is 0 Å². The van der Waals surface area contributed by atoms with Crippen LogP contribution in [0.4, 0.5) is 0 Å². The molecule has 1 atom stereocenters. The third-order valence-electron chi connectivity index (χ3n) is 3.06. The highest BCUT2D eigenvalue weighted by Crippen LogP contribution is 2.23. The van der Waals surface area contributed by atoms with Crippen molar-refractivity contribution in [2.24, 2.45) is 0 Å². The van der Waals surface area contributed by atoms with Crippen LogP contribution in [0.2, 0.25) is 0 Å². The fraction of sp³-hybridized carbons (Fsp3) is 0.467. The molecule has 0 saturated carbocycles. The molecule has 20 heavy (non-hydrogen) atoms. The van der Waals surface area contributed by atoms with Gasteiger partial charge in [-0.2, -0.15) is 4.98 Å². The fourth-order valence-electron chi connectivity index (χ4n) is 1.97. The van der Waals surface area contributed by atoms with Gasteiger partial charge in [0.2, 0.25) is 11.7 Å². The fourth-order valence-corrected chi connectivity index (χ4v) is 1.97. The van der Waals surface area contributed by atoms with E-state index in [1.807, 2.05) is 51.1 Å². The van der Waals surface area contributed by atoms with Crippen LogP contribution >= 0.6 is 0 Å². The van der Waals surface area contributed by atoms with Crippen molar-refractivity contribution < 1.29 is 14.4 Å². The Balaban J connectivity index is 2.06. The number of benzene rings is 1. The van der Waals surface area contributed by atoms with Crippen LogP contribution in [-0.4, -0.2) is 21.9 Å². The molecule has 0 aliphatic rings. The quantitative estimate of drug-likeness (QED) is 0.878. The molecule has 1 unspecified atom stereocenters. The summed E-state index contributed by atoms with van der Waals surface area (Å²) in [6.45, 7) is 6.27. The lowest BCUT2D eigenvalue weighted by Gasteiger charge is -2.19. The van der Waals surface area contributed by atoms with Gasteiger partial charge in [0.25, 0.3) is 0 Å². The molecule has 5 heteroatoms. The Morgan fingerprint density at radius 2 is 2.00 bits per heavy atom. The second-order valence-corrected chi connectivity index (χ2v) is 5.09. The molecule has 0 spiro atoms. The van der Waals surface area contributed by atoms with Crippen molar-refractivity contribution in [1.29, 1.82) is 0 Å². The van der Waals surface area contributed by atoms with Crippen LogP contribution in [0, 0.1) is 0 Å². The van der Waals surface area contributed by atoms with Gasteiger partial charge in [0.05, 0.1) is 12.5 Å². The Hall–Kier alpha value is -1.72. The van der Waals surface area contributed by atoms with Gasteiger partial charge in [0.1, 0.15) is 5.60 Å². The monoisotopic (exact) mass is 276 g/mol. The smallest absolute Gasteiger partial charge is 0.229 e. The number of aromatic nitrogens is 2. The van der Waals surface area contributed by atoms with Crippen LogP contribution < -0.4 is 0 Å². The summed E-state index contributed by atoms with van der Waals surface area (Å²) in [5.74, 6) is 0.902. The van der Waals surface area contributed by atoms with Crippen LogP contribution in [0.25, 0.3) is 0 Å². The number of rotatable bonds is 6. The second-order valence-electron chi connectivity index (χ2n) is 5.09. The van der Waals surface area contributed by atoms with Crippen LogP contribution in [-0.2, 0) is 16.8 Å². The molecule has 2 aromatic rings. The van der Waals surface area contributed by atoms with Crippen molar-refractivity contribution in [1.82, 2.24) is 10.1 Å². The second kappa shape index (κ2) is 6.15. The van der Waals surface area contributed by atoms with E-state index in [0.29, 0.717) is 24.7 Å². The zero-order chi connectivity index (χ0) is 14.6. The molecule has 2 rings (SSSR count). The number of hydrogen-bond donors (Lipinski definition) is 1. The zero-order valence-electron chi connectivity index (χ0n) is 12.0. The molecule has 0 aliphatic carbocycles. The van der Waals surface area contributed by atoms with E-state index in [1.54, 1.807) is 0 Å². The third-order valence-corrected chi connectivity index (χ3v) is 3.06. The van der Waals surface area contributed by atoms with E-state index in [1.165, 1.54) is 0 Å². The maximum absolute atomic E-state index is 10.1. The maximum atomic E-state index is 10.1. The Kier molecular flexibility index (Phi) is 4.52. The first-order valence-electron chi connectivity index (χ1n) is 6.73. The number of aliphatic hydroxyl groups is 1. The van der Waals surface area contributed by atoms with E-state index in [-0.39, 0.29) is 0 Å². The predicted octanol–water partition coefficient (Wildman–Crippen LogP) is 2.62.